The summed E-state index contributed by atoms with van der Waals surface area (Å²) >= 11 is 0. The number of nitrogens with zero attached hydrogens (tertiary/aromatic N) is 1. The van der Waals surface area contributed by atoms with E-state index in [-0.39, 0.29) is 5.97 Å². The maximum absolute atomic E-state index is 12.1. The minimum atomic E-state index is -0.987. The number of rotatable bonds is 12. The Morgan fingerprint density at radius 1 is 0.971 bits per heavy atom. The summed E-state index contributed by atoms with van der Waals surface area (Å²) in [5.74, 6) is 0.439. The lowest BCUT2D eigenvalue weighted by Crippen LogP contribution is -2.28. The molecule has 3 aromatic rings. The molecule has 1 heterocycles. The molecule has 2 atom stereocenters. The average molecular weight is 484 g/mol. The van der Waals surface area contributed by atoms with Crippen LogP contribution in [0.25, 0.3) is 11.3 Å². The molecule has 0 radical (unpaired) electrons. The Morgan fingerprint density at radius 2 is 1.68 bits per heavy atom. The number of carbonyl (C=O) groups is 1. The lowest BCUT2D eigenvalue weighted by molar-refractivity contribution is -0.156. The first-order valence-electron chi connectivity index (χ1n) is 11.5. The maximum Gasteiger partial charge on any atom is 0.335 e. The van der Waals surface area contributed by atoms with Crippen molar-refractivity contribution in [2.75, 3.05) is 26.1 Å². The molecule has 0 aliphatic carbocycles. The van der Waals surface area contributed by atoms with Gasteiger partial charge >= 0.3 is 5.97 Å². The minimum absolute atomic E-state index is 0.333. The second-order valence-corrected chi connectivity index (χ2v) is 9.26. The first kappa shape index (κ1) is 25.7. The van der Waals surface area contributed by atoms with Crippen LogP contribution >= 0.6 is 0 Å². The molecule has 6 nitrogen and oxygen atoms in total. The molecule has 0 fully saturated rings. The largest absolute Gasteiger partial charge is 0.492 e. The Balaban J connectivity index is 1.59. The highest BCUT2D eigenvalue weighted by Crippen LogP contribution is 2.24. The third kappa shape index (κ3) is 6.81. The van der Waals surface area contributed by atoms with E-state index in [2.05, 4.69) is 23.6 Å². The summed E-state index contributed by atoms with van der Waals surface area (Å²) in [7, 11) is -0.987. The Hall–Kier alpha value is -2.90. The van der Waals surface area contributed by atoms with Crippen molar-refractivity contribution < 1.29 is 23.2 Å². The summed E-state index contributed by atoms with van der Waals surface area (Å²) in [4.78, 5) is 12.9. The van der Waals surface area contributed by atoms with Crippen molar-refractivity contribution in [2.45, 2.75) is 44.7 Å². The number of hydrogen-bond donors (Lipinski definition) is 0. The number of benzene rings is 2. The standard InChI is InChI=1S/C27H33NO5S/c1-5-31-26(27(29)32-6-2)19-21-8-12-23(13-9-21)33-18-17-28-20(3)7-16-25(28)22-10-14-24(15-11-22)34(4)30/h7-16,26H,5-6,17-19H2,1-4H3. The minimum Gasteiger partial charge on any atom is -0.492 e. The van der Waals surface area contributed by atoms with E-state index >= 15 is 0 Å². The van der Waals surface area contributed by atoms with Crippen LogP contribution in [0.2, 0.25) is 0 Å². The van der Waals surface area contributed by atoms with Crippen LogP contribution in [-0.4, -0.2) is 46.9 Å². The molecule has 3 rings (SSSR count). The number of aromatic nitrogens is 1. The van der Waals surface area contributed by atoms with Gasteiger partial charge in [0, 0.05) is 46.4 Å². The number of esters is 1. The van der Waals surface area contributed by atoms with Gasteiger partial charge in [-0.2, -0.15) is 0 Å². The van der Waals surface area contributed by atoms with E-state index in [9.17, 15) is 9.00 Å². The fourth-order valence-electron chi connectivity index (χ4n) is 3.77. The van der Waals surface area contributed by atoms with Gasteiger partial charge in [-0.1, -0.05) is 24.3 Å². The molecule has 0 amide bonds. The molecule has 0 bridgehead atoms. The van der Waals surface area contributed by atoms with Crippen molar-refractivity contribution in [3.63, 3.8) is 0 Å². The van der Waals surface area contributed by atoms with Gasteiger partial charge in [-0.05, 0) is 68.3 Å². The molecule has 2 aromatic carbocycles. The summed E-state index contributed by atoms with van der Waals surface area (Å²) < 4.78 is 30.5. The Bertz CT molecular complexity index is 1090. The molecular formula is C27H33NO5S. The smallest absolute Gasteiger partial charge is 0.335 e. The predicted molar refractivity (Wildman–Crippen MR) is 135 cm³/mol. The summed E-state index contributed by atoms with van der Waals surface area (Å²) in [6.45, 7) is 7.73. The van der Waals surface area contributed by atoms with E-state index in [1.165, 1.54) is 0 Å². The molecule has 0 aliphatic rings. The van der Waals surface area contributed by atoms with E-state index in [1.54, 1.807) is 13.2 Å². The topological polar surface area (TPSA) is 66.8 Å². The highest BCUT2D eigenvalue weighted by atomic mass is 32.2. The number of ether oxygens (including phenoxy) is 3. The molecule has 0 spiro atoms. The SMILES string of the molecule is CCOC(=O)C(Cc1ccc(OCCn2c(C)ccc2-c2ccc(S(C)=O)cc2)cc1)OCC. The zero-order valence-corrected chi connectivity index (χ0v) is 21.1. The van der Waals surface area contributed by atoms with Gasteiger partial charge in [0.2, 0.25) is 0 Å². The van der Waals surface area contributed by atoms with Gasteiger partial charge in [0.05, 0.1) is 13.2 Å². The van der Waals surface area contributed by atoms with E-state index in [0.29, 0.717) is 32.8 Å². The molecular weight excluding hydrogens is 450 g/mol. The van der Waals surface area contributed by atoms with Gasteiger partial charge in [-0.3, -0.25) is 4.21 Å². The lowest BCUT2D eigenvalue weighted by atomic mass is 10.1. The number of hydrogen-bond acceptors (Lipinski definition) is 5. The van der Waals surface area contributed by atoms with Crippen molar-refractivity contribution in [3.8, 4) is 17.0 Å². The van der Waals surface area contributed by atoms with Crippen molar-refractivity contribution in [1.29, 1.82) is 0 Å². The van der Waals surface area contributed by atoms with Crippen LogP contribution in [0.3, 0.4) is 0 Å². The van der Waals surface area contributed by atoms with Crippen LogP contribution in [0.1, 0.15) is 25.1 Å². The zero-order chi connectivity index (χ0) is 24.5. The van der Waals surface area contributed by atoms with Gasteiger partial charge in [-0.25, -0.2) is 4.79 Å². The third-order valence-corrected chi connectivity index (χ3v) is 6.46. The lowest BCUT2D eigenvalue weighted by Gasteiger charge is -2.16. The second-order valence-electron chi connectivity index (χ2n) is 7.88. The van der Waals surface area contributed by atoms with Crippen molar-refractivity contribution in [2.24, 2.45) is 0 Å². The zero-order valence-electron chi connectivity index (χ0n) is 20.3. The van der Waals surface area contributed by atoms with Crippen LogP contribution < -0.4 is 4.74 Å². The predicted octanol–water partition coefficient (Wildman–Crippen LogP) is 4.79. The van der Waals surface area contributed by atoms with Crippen LogP contribution in [-0.2, 0) is 38.0 Å². The van der Waals surface area contributed by atoms with E-state index in [0.717, 1.165) is 33.2 Å². The molecule has 0 aliphatic heterocycles. The number of aryl methyl sites for hydroxylation is 1. The third-order valence-electron chi connectivity index (χ3n) is 5.53. The molecule has 34 heavy (non-hydrogen) atoms. The summed E-state index contributed by atoms with van der Waals surface area (Å²) in [5.41, 5.74) is 4.32. The molecule has 0 saturated carbocycles. The van der Waals surface area contributed by atoms with Crippen molar-refractivity contribution in [3.05, 3.63) is 71.9 Å². The van der Waals surface area contributed by atoms with Gasteiger partial charge < -0.3 is 18.8 Å². The molecule has 0 saturated heterocycles. The fourth-order valence-corrected chi connectivity index (χ4v) is 4.29. The molecule has 1 aromatic heterocycles. The maximum atomic E-state index is 12.1. The monoisotopic (exact) mass is 483 g/mol. The van der Waals surface area contributed by atoms with Gasteiger partial charge in [0.25, 0.3) is 0 Å². The van der Waals surface area contributed by atoms with Crippen LogP contribution in [0, 0.1) is 6.92 Å². The first-order valence-corrected chi connectivity index (χ1v) is 13.1. The van der Waals surface area contributed by atoms with Crippen molar-refractivity contribution in [1.82, 2.24) is 4.57 Å². The van der Waals surface area contributed by atoms with E-state index < -0.39 is 16.9 Å². The van der Waals surface area contributed by atoms with Crippen LogP contribution in [0.15, 0.2) is 65.6 Å². The molecule has 2 unspecified atom stereocenters. The molecule has 7 heteroatoms. The summed E-state index contributed by atoms with van der Waals surface area (Å²) in [6, 6.07) is 19.8. The van der Waals surface area contributed by atoms with Crippen molar-refractivity contribution >= 4 is 16.8 Å². The van der Waals surface area contributed by atoms with Gasteiger partial charge in [0.15, 0.2) is 6.10 Å². The Labute approximate surface area is 204 Å². The first-order chi connectivity index (χ1) is 16.4. The average Bonchev–Trinajstić information content (AvgIpc) is 3.20. The van der Waals surface area contributed by atoms with Crippen LogP contribution in [0.4, 0.5) is 0 Å². The fraction of sp³-hybridized carbons (Fsp3) is 0.370. The summed E-state index contributed by atoms with van der Waals surface area (Å²) in [5, 5.41) is 0. The summed E-state index contributed by atoms with van der Waals surface area (Å²) in [6.07, 6.45) is 1.55. The van der Waals surface area contributed by atoms with Crippen LogP contribution in [0.5, 0.6) is 5.75 Å². The Kier molecular flexibility index (Phi) is 9.48. The highest BCUT2D eigenvalue weighted by molar-refractivity contribution is 7.84. The quantitative estimate of drug-likeness (QED) is 0.347. The molecule has 0 N–H and O–H groups in total. The Morgan fingerprint density at radius 3 is 2.29 bits per heavy atom. The van der Waals surface area contributed by atoms with E-state index in [1.807, 2.05) is 55.5 Å². The normalized spacial score (nSPS) is 12.8. The van der Waals surface area contributed by atoms with Gasteiger partial charge in [0.1, 0.15) is 12.4 Å². The van der Waals surface area contributed by atoms with E-state index in [4.69, 9.17) is 14.2 Å². The van der Waals surface area contributed by atoms with Gasteiger partial charge in [-0.15, -0.1) is 0 Å². The number of carbonyl (C=O) groups excluding carboxylic acids is 1. The highest BCUT2D eigenvalue weighted by Gasteiger charge is 2.20. The second kappa shape index (κ2) is 12.5. The molecule has 182 valence electrons.